The van der Waals surface area contributed by atoms with Crippen LogP contribution in [0.4, 0.5) is 0 Å². The molecule has 0 N–H and O–H groups in total. The zero-order valence-electron chi connectivity index (χ0n) is 17.2. The first-order valence-corrected chi connectivity index (χ1v) is 11.2. The van der Waals surface area contributed by atoms with Crippen molar-refractivity contribution in [3.8, 4) is 0 Å². The summed E-state index contributed by atoms with van der Waals surface area (Å²) in [4.78, 5) is 12.8. The molecule has 3 fully saturated rings. The molecule has 3 nitrogen and oxygen atoms in total. The van der Waals surface area contributed by atoms with E-state index in [0.29, 0.717) is 30.6 Å². The van der Waals surface area contributed by atoms with Crippen LogP contribution in [0.3, 0.4) is 0 Å². The maximum atomic E-state index is 12.8. The molecule has 0 aromatic carbocycles. The number of hydrogen-bond donors (Lipinski definition) is 0. The normalized spacial score (nSPS) is 48.6. The molecule has 1 aliphatic heterocycles. The summed E-state index contributed by atoms with van der Waals surface area (Å²) < 4.78 is 12.1. The van der Waals surface area contributed by atoms with Crippen LogP contribution in [0, 0.1) is 28.6 Å². The smallest absolute Gasteiger partial charge is 0.167 e. The molecule has 0 amide bonds. The zero-order valence-corrected chi connectivity index (χ0v) is 17.2. The van der Waals surface area contributed by atoms with Crippen LogP contribution in [-0.4, -0.2) is 24.6 Å². The first-order chi connectivity index (χ1) is 12.9. The number of allylic oxidation sites excluding steroid dienone is 4. The molecule has 2 saturated carbocycles. The van der Waals surface area contributed by atoms with Crippen LogP contribution in [-0.2, 0) is 14.3 Å². The molecule has 1 heterocycles. The van der Waals surface area contributed by atoms with Crippen LogP contribution in [0.2, 0.25) is 0 Å². The van der Waals surface area contributed by atoms with Gasteiger partial charge in [0.05, 0.1) is 19.0 Å². The first kappa shape index (κ1) is 18.0. The minimum absolute atomic E-state index is 0.0461. The van der Waals surface area contributed by atoms with E-state index in [9.17, 15) is 4.79 Å². The van der Waals surface area contributed by atoms with E-state index in [0.717, 1.165) is 38.2 Å². The van der Waals surface area contributed by atoms with E-state index in [1.807, 2.05) is 0 Å². The summed E-state index contributed by atoms with van der Waals surface area (Å²) in [5.74, 6) is 3.64. The van der Waals surface area contributed by atoms with Crippen LogP contribution >= 0.6 is 0 Å². The second kappa shape index (κ2) is 5.95. The molecule has 0 aromatic heterocycles. The fourth-order valence-corrected chi connectivity index (χ4v) is 7.89. The summed E-state index contributed by atoms with van der Waals surface area (Å²) in [5.41, 5.74) is 1.39. The SMILES string of the molecule is CCOC1=CC2=CC[C@@H]3[C@H](CC[C@@]4(C)[C@H]3CC[C@]43OCCC3=O)[C@@]2(C)CC1. The van der Waals surface area contributed by atoms with Crippen LogP contribution in [0.1, 0.15) is 72.1 Å². The summed E-state index contributed by atoms with van der Waals surface area (Å²) in [6, 6.07) is 0. The van der Waals surface area contributed by atoms with Gasteiger partial charge in [-0.05, 0) is 80.3 Å². The average molecular weight is 371 g/mol. The molecule has 27 heavy (non-hydrogen) atoms. The Kier molecular flexibility index (Phi) is 3.96. The van der Waals surface area contributed by atoms with Crippen molar-refractivity contribution in [1.82, 2.24) is 0 Å². The Morgan fingerprint density at radius 2 is 1.96 bits per heavy atom. The number of rotatable bonds is 2. The van der Waals surface area contributed by atoms with Crippen LogP contribution in [0.25, 0.3) is 0 Å². The van der Waals surface area contributed by atoms with Gasteiger partial charge in [0.1, 0.15) is 5.60 Å². The van der Waals surface area contributed by atoms with E-state index < -0.39 is 5.60 Å². The number of ketones is 1. The molecule has 5 rings (SSSR count). The fraction of sp³-hybridized carbons (Fsp3) is 0.792. The molecule has 0 aromatic rings. The predicted octanol–water partition coefficient (Wildman–Crippen LogP) is 5.21. The summed E-state index contributed by atoms with van der Waals surface area (Å²) in [5, 5.41) is 0. The first-order valence-electron chi connectivity index (χ1n) is 11.2. The number of carbonyl (C=O) groups excluding carboxylic acids is 1. The van der Waals surface area contributed by atoms with Crippen LogP contribution < -0.4 is 0 Å². The van der Waals surface area contributed by atoms with Crippen molar-refractivity contribution in [3.63, 3.8) is 0 Å². The Bertz CT molecular complexity index is 721. The van der Waals surface area contributed by atoms with E-state index in [4.69, 9.17) is 9.47 Å². The quantitative estimate of drug-likeness (QED) is 0.669. The lowest BCUT2D eigenvalue weighted by molar-refractivity contribution is -0.157. The van der Waals surface area contributed by atoms with Crippen LogP contribution in [0.5, 0.6) is 0 Å². The van der Waals surface area contributed by atoms with E-state index in [1.165, 1.54) is 30.6 Å². The Hall–Kier alpha value is -1.09. The van der Waals surface area contributed by atoms with E-state index >= 15 is 0 Å². The number of Topliss-reactive ketones (excluding diaryl/α,β-unsaturated/α-hetero) is 1. The molecule has 6 atom stereocenters. The van der Waals surface area contributed by atoms with Gasteiger partial charge >= 0.3 is 0 Å². The molecular weight excluding hydrogens is 336 g/mol. The van der Waals surface area contributed by atoms with Gasteiger partial charge < -0.3 is 9.47 Å². The Morgan fingerprint density at radius 1 is 1.15 bits per heavy atom. The largest absolute Gasteiger partial charge is 0.498 e. The number of carbonyl (C=O) groups is 1. The molecule has 148 valence electrons. The monoisotopic (exact) mass is 370 g/mol. The molecule has 0 radical (unpaired) electrons. The average Bonchev–Trinajstić information content (AvgIpc) is 3.17. The number of fused-ring (bicyclic) bond motifs is 6. The van der Waals surface area contributed by atoms with E-state index in [-0.39, 0.29) is 10.8 Å². The number of ether oxygens (including phenoxy) is 2. The van der Waals surface area contributed by atoms with E-state index in [2.05, 4.69) is 32.9 Å². The highest BCUT2D eigenvalue weighted by Gasteiger charge is 2.68. The van der Waals surface area contributed by atoms with Gasteiger partial charge in [-0.15, -0.1) is 0 Å². The minimum Gasteiger partial charge on any atom is -0.498 e. The molecule has 1 saturated heterocycles. The van der Waals surface area contributed by atoms with Crippen molar-refractivity contribution >= 4 is 5.78 Å². The molecule has 4 aliphatic carbocycles. The van der Waals surface area contributed by atoms with Crippen molar-refractivity contribution in [2.45, 2.75) is 77.7 Å². The minimum atomic E-state index is -0.456. The predicted molar refractivity (Wildman–Crippen MR) is 105 cm³/mol. The maximum Gasteiger partial charge on any atom is 0.167 e. The lowest BCUT2D eigenvalue weighted by Crippen LogP contribution is -2.56. The highest BCUT2D eigenvalue weighted by molar-refractivity contribution is 5.90. The van der Waals surface area contributed by atoms with Crippen molar-refractivity contribution in [2.75, 3.05) is 13.2 Å². The van der Waals surface area contributed by atoms with Gasteiger partial charge in [0.2, 0.25) is 0 Å². The Morgan fingerprint density at radius 3 is 2.70 bits per heavy atom. The van der Waals surface area contributed by atoms with E-state index in [1.54, 1.807) is 0 Å². The van der Waals surface area contributed by atoms with Gasteiger partial charge in [0.15, 0.2) is 5.78 Å². The topological polar surface area (TPSA) is 35.5 Å². The molecule has 0 bridgehead atoms. The third kappa shape index (κ3) is 2.21. The highest BCUT2D eigenvalue weighted by Crippen LogP contribution is 2.68. The second-order valence-electron chi connectivity index (χ2n) is 10.1. The fourth-order valence-electron chi connectivity index (χ4n) is 7.89. The summed E-state index contributed by atoms with van der Waals surface area (Å²) in [6.45, 7) is 8.36. The van der Waals surface area contributed by atoms with Crippen molar-refractivity contribution in [2.24, 2.45) is 28.6 Å². The van der Waals surface area contributed by atoms with Crippen molar-refractivity contribution in [1.29, 1.82) is 0 Å². The third-order valence-electron chi connectivity index (χ3n) is 9.31. The van der Waals surface area contributed by atoms with Gasteiger partial charge in [-0.25, -0.2) is 0 Å². The van der Waals surface area contributed by atoms with Gasteiger partial charge in [-0.3, -0.25) is 4.79 Å². The third-order valence-corrected chi connectivity index (χ3v) is 9.31. The second-order valence-corrected chi connectivity index (χ2v) is 10.1. The van der Waals surface area contributed by atoms with Crippen molar-refractivity contribution in [3.05, 3.63) is 23.5 Å². The van der Waals surface area contributed by atoms with Gasteiger partial charge in [-0.2, -0.15) is 0 Å². The Labute approximate surface area is 163 Å². The molecule has 1 spiro atoms. The Balaban J connectivity index is 1.48. The van der Waals surface area contributed by atoms with Crippen LogP contribution in [0.15, 0.2) is 23.5 Å². The summed E-state index contributed by atoms with van der Waals surface area (Å²) >= 11 is 0. The maximum absolute atomic E-state index is 12.8. The van der Waals surface area contributed by atoms with Gasteiger partial charge in [0, 0.05) is 18.3 Å². The summed E-state index contributed by atoms with van der Waals surface area (Å²) in [7, 11) is 0. The lowest BCUT2D eigenvalue weighted by atomic mass is 9.47. The summed E-state index contributed by atoms with van der Waals surface area (Å²) in [6.07, 6.45) is 13.4. The molecular formula is C24H34O3. The van der Waals surface area contributed by atoms with Gasteiger partial charge in [-0.1, -0.05) is 19.9 Å². The van der Waals surface area contributed by atoms with Crippen molar-refractivity contribution < 1.29 is 14.3 Å². The molecule has 3 heteroatoms. The molecule has 5 aliphatic rings. The number of hydrogen-bond acceptors (Lipinski definition) is 3. The zero-order chi connectivity index (χ0) is 18.9. The highest BCUT2D eigenvalue weighted by atomic mass is 16.5. The molecule has 0 unspecified atom stereocenters. The lowest BCUT2D eigenvalue weighted by Gasteiger charge is -2.58. The standard InChI is InChI=1S/C24H34O3/c1-4-26-17-7-11-22(2)16(15-17)5-6-18-19(22)8-12-23(3)20(18)9-13-24(23)21(25)10-14-27-24/h5,15,18-20H,4,6-14H2,1-3H3/t18-,19+,20+,22+,23+,24-/m1/s1. The van der Waals surface area contributed by atoms with Gasteiger partial charge in [0.25, 0.3) is 0 Å².